The van der Waals surface area contributed by atoms with Gasteiger partial charge in [-0.15, -0.1) is 0 Å². The molecule has 1 N–H and O–H groups in total. The first kappa shape index (κ1) is 24.1. The standard InChI is InChI=1S/C20H21I3N2O5/c1-24(19(28)10-6-3-2-4-7-10)17-14(21)13(20(29)30)15(22)18(16(17)23)25-11(26)8-5-9-12(25)27/h10H,2-9H2,1H3,(H,29,30). The van der Waals surface area contributed by atoms with Crippen LogP contribution < -0.4 is 9.80 Å². The quantitative estimate of drug-likeness (QED) is 0.354. The predicted molar refractivity (Wildman–Crippen MR) is 138 cm³/mol. The number of carbonyl (C=O) groups is 4. The van der Waals surface area contributed by atoms with Crippen LogP contribution in [-0.4, -0.2) is 35.8 Å². The Balaban J connectivity index is 2.18. The molecule has 30 heavy (non-hydrogen) atoms. The van der Waals surface area contributed by atoms with Crippen LogP contribution in [0.15, 0.2) is 0 Å². The number of hydrogen-bond donors (Lipinski definition) is 1. The molecule has 3 amide bonds. The zero-order valence-electron chi connectivity index (χ0n) is 16.3. The summed E-state index contributed by atoms with van der Waals surface area (Å²) in [6, 6.07) is 0. The van der Waals surface area contributed by atoms with Crippen LogP contribution in [-0.2, 0) is 14.4 Å². The van der Waals surface area contributed by atoms with Crippen molar-refractivity contribution in [1.82, 2.24) is 0 Å². The first-order valence-corrected chi connectivity index (χ1v) is 13.0. The number of carboxylic acids is 1. The zero-order chi connectivity index (χ0) is 22.2. The maximum Gasteiger partial charge on any atom is 0.338 e. The SMILES string of the molecule is CN(C(=O)C1CCCCC1)c1c(I)c(C(=O)O)c(I)c(N2C(=O)CCCC2=O)c1I. The van der Waals surface area contributed by atoms with E-state index in [4.69, 9.17) is 0 Å². The number of amides is 3. The van der Waals surface area contributed by atoms with Crippen molar-refractivity contribution in [3.05, 3.63) is 16.3 Å². The molecule has 0 aromatic heterocycles. The highest BCUT2D eigenvalue weighted by atomic mass is 127. The summed E-state index contributed by atoms with van der Waals surface area (Å²) in [5, 5.41) is 9.88. The summed E-state index contributed by atoms with van der Waals surface area (Å²) in [6.45, 7) is 0. The van der Waals surface area contributed by atoms with Gasteiger partial charge in [0.05, 0.1) is 27.6 Å². The van der Waals surface area contributed by atoms with Gasteiger partial charge in [-0.05, 0) is 87.0 Å². The molecule has 162 valence electrons. The van der Waals surface area contributed by atoms with E-state index < -0.39 is 5.97 Å². The maximum absolute atomic E-state index is 13.2. The number of imide groups is 1. The van der Waals surface area contributed by atoms with Crippen molar-refractivity contribution in [2.75, 3.05) is 16.8 Å². The highest BCUT2D eigenvalue weighted by Crippen LogP contribution is 2.44. The summed E-state index contributed by atoms with van der Waals surface area (Å²) in [4.78, 5) is 53.1. The third-order valence-electron chi connectivity index (χ3n) is 5.61. The van der Waals surface area contributed by atoms with Gasteiger partial charge in [0, 0.05) is 25.8 Å². The third kappa shape index (κ3) is 4.50. The third-order valence-corrected chi connectivity index (χ3v) is 8.73. The highest BCUT2D eigenvalue weighted by Gasteiger charge is 2.37. The van der Waals surface area contributed by atoms with Crippen molar-refractivity contribution < 1.29 is 24.3 Å². The molecule has 10 heteroatoms. The average Bonchev–Trinajstić information content (AvgIpc) is 2.69. The first-order chi connectivity index (χ1) is 14.2. The summed E-state index contributed by atoms with van der Waals surface area (Å²) in [7, 11) is 1.65. The smallest absolute Gasteiger partial charge is 0.338 e. The topological polar surface area (TPSA) is 95.0 Å². The lowest BCUT2D eigenvalue weighted by Crippen LogP contribution is -2.42. The Morgan fingerprint density at radius 2 is 1.50 bits per heavy atom. The molecule has 7 nitrogen and oxygen atoms in total. The second kappa shape index (κ2) is 9.96. The Bertz CT molecular complexity index is 912. The number of benzene rings is 1. The van der Waals surface area contributed by atoms with E-state index in [1.807, 2.05) is 67.8 Å². The lowest BCUT2D eigenvalue weighted by molar-refractivity contribution is -0.129. The number of aromatic carboxylic acids is 1. The fraction of sp³-hybridized carbons (Fsp3) is 0.500. The van der Waals surface area contributed by atoms with E-state index in [2.05, 4.69) is 0 Å². The normalized spacial score (nSPS) is 17.9. The Morgan fingerprint density at radius 1 is 0.933 bits per heavy atom. The van der Waals surface area contributed by atoms with Gasteiger partial charge >= 0.3 is 5.97 Å². The summed E-state index contributed by atoms with van der Waals surface area (Å²) >= 11 is 5.87. The van der Waals surface area contributed by atoms with Gasteiger partial charge in [-0.2, -0.15) is 0 Å². The minimum atomic E-state index is -1.15. The molecule has 2 aliphatic rings. The molecule has 1 saturated heterocycles. The molecular weight excluding hydrogens is 729 g/mol. The van der Waals surface area contributed by atoms with Crippen molar-refractivity contribution in [1.29, 1.82) is 0 Å². The van der Waals surface area contributed by atoms with Crippen LogP contribution in [0.4, 0.5) is 11.4 Å². The molecule has 0 atom stereocenters. The molecule has 0 unspecified atom stereocenters. The number of carbonyl (C=O) groups excluding carboxylic acids is 3. The molecule has 0 spiro atoms. The summed E-state index contributed by atoms with van der Waals surface area (Å²) in [5.74, 6) is -1.98. The minimum Gasteiger partial charge on any atom is -0.478 e. The zero-order valence-corrected chi connectivity index (χ0v) is 22.8. The van der Waals surface area contributed by atoms with Crippen molar-refractivity contribution in [2.45, 2.75) is 51.4 Å². The molecule has 1 aliphatic carbocycles. The van der Waals surface area contributed by atoms with Crippen LogP contribution in [0.2, 0.25) is 0 Å². The van der Waals surface area contributed by atoms with Gasteiger partial charge in [-0.25, -0.2) is 9.69 Å². The lowest BCUT2D eigenvalue weighted by atomic mass is 9.88. The van der Waals surface area contributed by atoms with Crippen molar-refractivity contribution in [3.63, 3.8) is 0 Å². The molecule has 0 bridgehead atoms. The minimum absolute atomic E-state index is 0.0103. The largest absolute Gasteiger partial charge is 0.478 e. The van der Waals surface area contributed by atoms with Gasteiger partial charge in [0.25, 0.3) is 0 Å². The molecule has 3 rings (SSSR count). The van der Waals surface area contributed by atoms with Gasteiger partial charge in [0.1, 0.15) is 0 Å². The molecule has 0 radical (unpaired) electrons. The molecule has 1 saturated carbocycles. The maximum atomic E-state index is 13.2. The molecule has 2 fully saturated rings. The van der Waals surface area contributed by atoms with Gasteiger partial charge in [0.15, 0.2) is 0 Å². The first-order valence-electron chi connectivity index (χ1n) is 9.73. The number of piperidine rings is 1. The molecular formula is C20H21I3N2O5. The van der Waals surface area contributed by atoms with Crippen LogP contribution >= 0.6 is 67.8 Å². The van der Waals surface area contributed by atoms with E-state index >= 15 is 0 Å². The Hall–Kier alpha value is -0.510. The fourth-order valence-electron chi connectivity index (χ4n) is 4.05. The highest BCUT2D eigenvalue weighted by molar-refractivity contribution is 14.1. The number of carboxylic acid groups (broad SMARTS) is 1. The Labute approximate surface area is 215 Å². The van der Waals surface area contributed by atoms with E-state index in [1.54, 1.807) is 7.05 Å². The van der Waals surface area contributed by atoms with E-state index in [-0.39, 0.29) is 47.7 Å². The van der Waals surface area contributed by atoms with Crippen LogP contribution in [0.5, 0.6) is 0 Å². The summed E-state index contributed by atoms with van der Waals surface area (Å²) < 4.78 is 1.31. The number of rotatable bonds is 4. The van der Waals surface area contributed by atoms with E-state index in [9.17, 15) is 24.3 Å². The summed E-state index contributed by atoms with van der Waals surface area (Å²) in [5.41, 5.74) is 0.740. The monoisotopic (exact) mass is 750 g/mol. The van der Waals surface area contributed by atoms with Crippen molar-refractivity contribution >= 4 is 103 Å². The van der Waals surface area contributed by atoms with Gasteiger partial charge in [-0.3, -0.25) is 14.4 Å². The van der Waals surface area contributed by atoms with Crippen LogP contribution in [0.25, 0.3) is 0 Å². The van der Waals surface area contributed by atoms with E-state index in [1.165, 1.54) is 4.90 Å². The van der Waals surface area contributed by atoms with Gasteiger partial charge in [-0.1, -0.05) is 19.3 Å². The van der Waals surface area contributed by atoms with Crippen LogP contribution in [0, 0.1) is 16.6 Å². The second-order valence-electron chi connectivity index (χ2n) is 7.53. The van der Waals surface area contributed by atoms with Gasteiger partial charge < -0.3 is 10.0 Å². The fourth-order valence-corrected chi connectivity index (χ4v) is 8.89. The lowest BCUT2D eigenvalue weighted by Gasteiger charge is -2.32. The number of nitrogens with zero attached hydrogens (tertiary/aromatic N) is 2. The second-order valence-corrected chi connectivity index (χ2v) is 10.8. The van der Waals surface area contributed by atoms with Crippen LogP contribution in [0.1, 0.15) is 61.7 Å². The number of halogens is 3. The molecule has 1 heterocycles. The van der Waals surface area contributed by atoms with Gasteiger partial charge in [0.2, 0.25) is 17.7 Å². The number of anilines is 2. The molecule has 1 aromatic carbocycles. The Morgan fingerprint density at radius 3 is 2.03 bits per heavy atom. The number of hydrogen-bond acceptors (Lipinski definition) is 4. The van der Waals surface area contributed by atoms with Crippen molar-refractivity contribution in [3.8, 4) is 0 Å². The summed E-state index contributed by atoms with van der Waals surface area (Å²) in [6.07, 6.45) is 5.74. The average molecular weight is 750 g/mol. The molecule has 1 aromatic rings. The Kier molecular flexibility index (Phi) is 8.02. The van der Waals surface area contributed by atoms with Crippen LogP contribution in [0.3, 0.4) is 0 Å². The van der Waals surface area contributed by atoms with Crippen molar-refractivity contribution in [2.24, 2.45) is 5.92 Å². The predicted octanol–water partition coefficient (Wildman–Crippen LogP) is 4.79. The van der Waals surface area contributed by atoms with E-state index in [0.29, 0.717) is 22.8 Å². The molecule has 1 aliphatic heterocycles. The van der Waals surface area contributed by atoms with E-state index in [0.717, 1.165) is 37.0 Å².